The zero-order valence-electron chi connectivity index (χ0n) is 26.2. The van der Waals surface area contributed by atoms with E-state index in [1.165, 1.54) is 88.0 Å². The molecule has 2 heterocycles. The molecular formula is C46H30N2. The molecule has 2 aromatic heterocycles. The minimum Gasteiger partial charge on any atom is -0.309 e. The van der Waals surface area contributed by atoms with Gasteiger partial charge in [0.15, 0.2) is 0 Å². The van der Waals surface area contributed by atoms with Crippen molar-refractivity contribution in [1.82, 2.24) is 9.13 Å². The zero-order chi connectivity index (χ0) is 31.6. The van der Waals surface area contributed by atoms with Crippen molar-refractivity contribution in [1.29, 1.82) is 0 Å². The highest BCUT2D eigenvalue weighted by Gasteiger charge is 2.17. The quantitative estimate of drug-likeness (QED) is 0.188. The molecule has 0 aliphatic heterocycles. The first kappa shape index (κ1) is 26.8. The Balaban J connectivity index is 1.18. The first-order valence-corrected chi connectivity index (χ1v) is 16.5. The van der Waals surface area contributed by atoms with Crippen molar-refractivity contribution in [3.05, 3.63) is 182 Å². The maximum absolute atomic E-state index is 2.44. The van der Waals surface area contributed by atoms with Crippen LogP contribution >= 0.6 is 0 Å². The fraction of sp³-hybridized carbons (Fsp3) is 0. The lowest BCUT2D eigenvalue weighted by atomic mass is 9.99. The van der Waals surface area contributed by atoms with E-state index in [1.54, 1.807) is 0 Å². The van der Waals surface area contributed by atoms with E-state index in [4.69, 9.17) is 0 Å². The van der Waals surface area contributed by atoms with Crippen LogP contribution in [0.25, 0.3) is 88.0 Å². The Bertz CT molecular complexity index is 2830. The molecule has 224 valence electrons. The Morgan fingerprint density at radius 1 is 0.292 bits per heavy atom. The van der Waals surface area contributed by atoms with Crippen molar-refractivity contribution < 1.29 is 0 Å². The van der Waals surface area contributed by atoms with Gasteiger partial charge in [-0.1, -0.05) is 127 Å². The average Bonchev–Trinajstić information content (AvgIpc) is 3.67. The molecule has 48 heavy (non-hydrogen) atoms. The lowest BCUT2D eigenvalue weighted by Crippen LogP contribution is -1.97. The summed E-state index contributed by atoms with van der Waals surface area (Å²) in [4.78, 5) is 0. The van der Waals surface area contributed by atoms with Gasteiger partial charge in [-0.2, -0.15) is 0 Å². The molecule has 0 fully saturated rings. The highest BCUT2D eigenvalue weighted by Crippen LogP contribution is 2.40. The highest BCUT2D eigenvalue weighted by molar-refractivity contribution is 6.12. The number of aromatic nitrogens is 2. The van der Waals surface area contributed by atoms with Crippen LogP contribution in [0.1, 0.15) is 0 Å². The van der Waals surface area contributed by atoms with E-state index in [0.29, 0.717) is 0 Å². The van der Waals surface area contributed by atoms with Gasteiger partial charge in [-0.15, -0.1) is 0 Å². The highest BCUT2D eigenvalue weighted by atomic mass is 15.0. The summed E-state index contributed by atoms with van der Waals surface area (Å²) >= 11 is 0. The monoisotopic (exact) mass is 610 g/mol. The maximum atomic E-state index is 2.44. The van der Waals surface area contributed by atoms with E-state index >= 15 is 0 Å². The standard InChI is InChI=1S/C46H30N2/c1-2-14-36(15-3-1)47-43-20-10-7-17-38(43)40-26-24-34(30-46(40)47)33-25-27-45-41(29-33)39-18-8-11-21-44(39)48(45)42-19-9-6-16-37(42)35-23-22-31-12-4-5-13-32(31)28-35/h1-30H. The molecule has 0 saturated heterocycles. The van der Waals surface area contributed by atoms with Crippen LogP contribution in [0, 0.1) is 0 Å². The van der Waals surface area contributed by atoms with Gasteiger partial charge in [0.2, 0.25) is 0 Å². The van der Waals surface area contributed by atoms with Gasteiger partial charge in [-0.25, -0.2) is 0 Å². The molecule has 0 amide bonds. The topological polar surface area (TPSA) is 9.86 Å². The summed E-state index contributed by atoms with van der Waals surface area (Å²) in [5.41, 5.74) is 12.0. The van der Waals surface area contributed by atoms with Crippen molar-refractivity contribution in [2.45, 2.75) is 0 Å². The molecule has 0 atom stereocenters. The molecule has 0 spiro atoms. The van der Waals surface area contributed by atoms with Crippen molar-refractivity contribution in [3.63, 3.8) is 0 Å². The fourth-order valence-electron chi connectivity index (χ4n) is 7.69. The zero-order valence-corrected chi connectivity index (χ0v) is 26.2. The lowest BCUT2D eigenvalue weighted by molar-refractivity contribution is 1.18. The second-order valence-corrected chi connectivity index (χ2v) is 12.6. The van der Waals surface area contributed by atoms with E-state index in [2.05, 4.69) is 191 Å². The largest absolute Gasteiger partial charge is 0.309 e. The van der Waals surface area contributed by atoms with Crippen LogP contribution < -0.4 is 0 Å². The summed E-state index contributed by atoms with van der Waals surface area (Å²) < 4.78 is 4.83. The molecule has 0 aliphatic carbocycles. The Labute approximate surface area is 278 Å². The van der Waals surface area contributed by atoms with Crippen LogP contribution in [-0.2, 0) is 0 Å². The summed E-state index contributed by atoms with van der Waals surface area (Å²) in [5, 5.41) is 7.54. The normalized spacial score (nSPS) is 11.8. The third kappa shape index (κ3) is 4.06. The molecule has 0 saturated carbocycles. The van der Waals surface area contributed by atoms with E-state index in [-0.39, 0.29) is 0 Å². The van der Waals surface area contributed by atoms with Gasteiger partial charge < -0.3 is 9.13 Å². The van der Waals surface area contributed by atoms with Gasteiger partial charge in [0.1, 0.15) is 0 Å². The summed E-state index contributed by atoms with van der Waals surface area (Å²) in [6.07, 6.45) is 0. The van der Waals surface area contributed by atoms with Crippen LogP contribution in [0.15, 0.2) is 182 Å². The molecule has 2 heteroatoms. The Hall–Kier alpha value is -6.38. The van der Waals surface area contributed by atoms with Crippen LogP contribution in [0.5, 0.6) is 0 Å². The molecule has 8 aromatic carbocycles. The third-order valence-corrected chi connectivity index (χ3v) is 9.90. The van der Waals surface area contributed by atoms with Gasteiger partial charge in [-0.3, -0.25) is 0 Å². The predicted molar refractivity (Wildman–Crippen MR) is 203 cm³/mol. The second-order valence-electron chi connectivity index (χ2n) is 12.6. The van der Waals surface area contributed by atoms with Gasteiger partial charge in [-0.05, 0) is 82.1 Å². The number of para-hydroxylation sites is 4. The SMILES string of the molecule is c1ccc(-n2c3ccccc3c3ccc(-c4ccc5c(c4)c4ccccc4n5-c4ccccc4-c4ccc5ccccc5c4)cc32)cc1. The van der Waals surface area contributed by atoms with Crippen LogP contribution in [-0.4, -0.2) is 9.13 Å². The number of fused-ring (bicyclic) bond motifs is 7. The number of nitrogens with zero attached hydrogens (tertiary/aromatic N) is 2. The molecule has 0 bridgehead atoms. The van der Waals surface area contributed by atoms with E-state index in [0.717, 1.165) is 0 Å². The molecule has 2 nitrogen and oxygen atoms in total. The van der Waals surface area contributed by atoms with Crippen LogP contribution in [0.2, 0.25) is 0 Å². The van der Waals surface area contributed by atoms with Gasteiger partial charge in [0, 0.05) is 32.8 Å². The molecule has 10 aromatic rings. The molecular weight excluding hydrogens is 581 g/mol. The van der Waals surface area contributed by atoms with Crippen molar-refractivity contribution in [2.24, 2.45) is 0 Å². The first-order chi connectivity index (χ1) is 23.8. The summed E-state index contributed by atoms with van der Waals surface area (Å²) in [5.74, 6) is 0. The molecule has 10 rings (SSSR count). The number of hydrogen-bond donors (Lipinski definition) is 0. The summed E-state index contributed by atoms with van der Waals surface area (Å²) in [7, 11) is 0. The van der Waals surface area contributed by atoms with Crippen molar-refractivity contribution >= 4 is 54.4 Å². The van der Waals surface area contributed by atoms with Crippen molar-refractivity contribution in [3.8, 4) is 33.6 Å². The van der Waals surface area contributed by atoms with Crippen LogP contribution in [0.4, 0.5) is 0 Å². The maximum Gasteiger partial charge on any atom is 0.0547 e. The molecule has 0 N–H and O–H groups in total. The van der Waals surface area contributed by atoms with Gasteiger partial charge in [0.05, 0.1) is 27.8 Å². The molecule has 0 unspecified atom stereocenters. The minimum atomic E-state index is 1.17. The van der Waals surface area contributed by atoms with Crippen LogP contribution in [0.3, 0.4) is 0 Å². The first-order valence-electron chi connectivity index (χ1n) is 16.5. The lowest BCUT2D eigenvalue weighted by Gasteiger charge is -2.15. The number of rotatable bonds is 4. The summed E-state index contributed by atoms with van der Waals surface area (Å²) in [6.45, 7) is 0. The van der Waals surface area contributed by atoms with E-state index in [1.807, 2.05) is 0 Å². The Morgan fingerprint density at radius 3 is 1.73 bits per heavy atom. The minimum absolute atomic E-state index is 1.17. The smallest absolute Gasteiger partial charge is 0.0547 e. The Kier molecular flexibility index (Phi) is 5.91. The van der Waals surface area contributed by atoms with Crippen molar-refractivity contribution in [2.75, 3.05) is 0 Å². The third-order valence-electron chi connectivity index (χ3n) is 9.90. The number of benzene rings is 8. The van der Waals surface area contributed by atoms with Gasteiger partial charge >= 0.3 is 0 Å². The second kappa shape index (κ2) is 10.6. The molecule has 0 aliphatic rings. The average molecular weight is 611 g/mol. The van der Waals surface area contributed by atoms with E-state index < -0.39 is 0 Å². The van der Waals surface area contributed by atoms with Gasteiger partial charge in [0.25, 0.3) is 0 Å². The number of hydrogen-bond acceptors (Lipinski definition) is 0. The van der Waals surface area contributed by atoms with E-state index in [9.17, 15) is 0 Å². The Morgan fingerprint density at radius 2 is 0.875 bits per heavy atom. The molecule has 0 radical (unpaired) electrons. The predicted octanol–water partition coefficient (Wildman–Crippen LogP) is 12.4. The fourth-order valence-corrected chi connectivity index (χ4v) is 7.69. The summed E-state index contributed by atoms with van der Waals surface area (Å²) in [6, 6.07) is 66.2.